The van der Waals surface area contributed by atoms with Crippen molar-refractivity contribution >= 4 is 22.5 Å². The minimum atomic E-state index is -0.110. The van der Waals surface area contributed by atoms with E-state index in [0.717, 1.165) is 22.3 Å². The van der Waals surface area contributed by atoms with Gasteiger partial charge in [-0.2, -0.15) is 0 Å². The van der Waals surface area contributed by atoms with Gasteiger partial charge >= 0.3 is 0 Å². The van der Waals surface area contributed by atoms with Gasteiger partial charge in [0.15, 0.2) is 0 Å². The molecule has 3 rings (SSSR count). The number of aromatic nitrogens is 2. The van der Waals surface area contributed by atoms with Crippen molar-refractivity contribution in [1.29, 1.82) is 0 Å². The van der Waals surface area contributed by atoms with E-state index in [1.54, 1.807) is 12.3 Å². The van der Waals surface area contributed by atoms with E-state index in [2.05, 4.69) is 10.3 Å². The molecule has 0 atom stereocenters. The maximum absolute atomic E-state index is 12.2. The molecular weight excluding hydrogens is 250 g/mol. The van der Waals surface area contributed by atoms with Crippen LogP contribution in [0.3, 0.4) is 0 Å². The van der Waals surface area contributed by atoms with Gasteiger partial charge in [0.25, 0.3) is 5.91 Å². The lowest BCUT2D eigenvalue weighted by Crippen LogP contribution is -2.11. The Morgan fingerprint density at radius 1 is 1.20 bits per heavy atom. The van der Waals surface area contributed by atoms with Crippen LogP contribution in [0.5, 0.6) is 0 Å². The second kappa shape index (κ2) is 4.81. The monoisotopic (exact) mass is 265 g/mol. The third-order valence-electron chi connectivity index (χ3n) is 3.30. The summed E-state index contributed by atoms with van der Waals surface area (Å²) >= 11 is 0. The molecule has 0 radical (unpaired) electrons. The summed E-state index contributed by atoms with van der Waals surface area (Å²) in [4.78, 5) is 16.3. The molecular formula is C16H15N3O. The highest BCUT2D eigenvalue weighted by molar-refractivity contribution is 6.06. The van der Waals surface area contributed by atoms with Gasteiger partial charge in [-0.25, -0.2) is 0 Å². The highest BCUT2D eigenvalue weighted by atomic mass is 16.1. The smallest absolute Gasteiger partial charge is 0.255 e. The van der Waals surface area contributed by atoms with Crippen molar-refractivity contribution in [3.8, 4) is 0 Å². The quantitative estimate of drug-likeness (QED) is 0.773. The first-order valence-electron chi connectivity index (χ1n) is 6.42. The van der Waals surface area contributed by atoms with Crippen LogP contribution in [-0.4, -0.2) is 15.5 Å². The van der Waals surface area contributed by atoms with Gasteiger partial charge in [-0.05, 0) is 43.3 Å². The number of benzene rings is 1. The third-order valence-corrected chi connectivity index (χ3v) is 3.30. The molecule has 20 heavy (non-hydrogen) atoms. The molecule has 0 fully saturated rings. The minimum Gasteiger partial charge on any atom is -0.351 e. The fraction of sp³-hybridized carbons (Fsp3) is 0.125. The van der Waals surface area contributed by atoms with Crippen LogP contribution in [0.4, 0.5) is 5.69 Å². The highest BCUT2D eigenvalue weighted by Crippen LogP contribution is 2.18. The summed E-state index contributed by atoms with van der Waals surface area (Å²) < 4.78 is 2.03. The lowest BCUT2D eigenvalue weighted by atomic mass is 10.1. The van der Waals surface area contributed by atoms with Crippen molar-refractivity contribution in [1.82, 2.24) is 9.55 Å². The van der Waals surface area contributed by atoms with Crippen molar-refractivity contribution in [2.45, 2.75) is 6.92 Å². The van der Waals surface area contributed by atoms with Gasteiger partial charge in [0.1, 0.15) is 0 Å². The highest BCUT2D eigenvalue weighted by Gasteiger charge is 2.08. The first-order chi connectivity index (χ1) is 9.63. The van der Waals surface area contributed by atoms with Gasteiger partial charge in [-0.1, -0.05) is 0 Å². The van der Waals surface area contributed by atoms with Crippen LogP contribution in [0.1, 0.15) is 16.1 Å². The molecule has 4 heteroatoms. The SMILES string of the molecule is Cc1cc(NC(=O)c2ccc3c(ccn3C)c2)ccn1. The largest absolute Gasteiger partial charge is 0.351 e. The predicted molar refractivity (Wildman–Crippen MR) is 79.8 cm³/mol. The molecule has 0 aliphatic carbocycles. The van der Waals surface area contributed by atoms with Gasteiger partial charge < -0.3 is 9.88 Å². The van der Waals surface area contributed by atoms with E-state index in [4.69, 9.17) is 0 Å². The Morgan fingerprint density at radius 2 is 2.05 bits per heavy atom. The molecule has 0 spiro atoms. The van der Waals surface area contributed by atoms with Gasteiger partial charge in [-0.15, -0.1) is 0 Å². The number of pyridine rings is 1. The molecule has 0 saturated carbocycles. The summed E-state index contributed by atoms with van der Waals surface area (Å²) in [6.07, 6.45) is 3.67. The van der Waals surface area contributed by atoms with Crippen LogP contribution in [0.25, 0.3) is 10.9 Å². The minimum absolute atomic E-state index is 0.110. The van der Waals surface area contributed by atoms with E-state index < -0.39 is 0 Å². The van der Waals surface area contributed by atoms with Crippen molar-refractivity contribution in [2.24, 2.45) is 7.05 Å². The van der Waals surface area contributed by atoms with Crippen LogP contribution in [-0.2, 0) is 7.05 Å². The maximum Gasteiger partial charge on any atom is 0.255 e. The van der Waals surface area contributed by atoms with E-state index in [-0.39, 0.29) is 5.91 Å². The normalized spacial score (nSPS) is 10.7. The van der Waals surface area contributed by atoms with E-state index in [9.17, 15) is 4.79 Å². The first-order valence-corrected chi connectivity index (χ1v) is 6.42. The van der Waals surface area contributed by atoms with Gasteiger partial charge in [0.05, 0.1) is 0 Å². The van der Waals surface area contributed by atoms with E-state index >= 15 is 0 Å². The third kappa shape index (κ3) is 2.28. The zero-order chi connectivity index (χ0) is 14.1. The molecule has 0 aliphatic heterocycles. The second-order valence-electron chi connectivity index (χ2n) is 4.84. The van der Waals surface area contributed by atoms with E-state index in [1.807, 2.05) is 55.1 Å². The Balaban J connectivity index is 1.88. The summed E-state index contributed by atoms with van der Waals surface area (Å²) in [6.45, 7) is 1.89. The molecule has 4 nitrogen and oxygen atoms in total. The van der Waals surface area contributed by atoms with Gasteiger partial charge in [0.2, 0.25) is 0 Å². The van der Waals surface area contributed by atoms with Crippen LogP contribution in [0.2, 0.25) is 0 Å². The molecule has 0 aliphatic rings. The van der Waals surface area contributed by atoms with Crippen LogP contribution in [0, 0.1) is 6.92 Å². The summed E-state index contributed by atoms with van der Waals surface area (Å²) in [5.74, 6) is -0.110. The zero-order valence-corrected chi connectivity index (χ0v) is 11.4. The number of amides is 1. The number of fused-ring (bicyclic) bond motifs is 1. The molecule has 0 saturated heterocycles. The predicted octanol–water partition coefficient (Wildman–Crippen LogP) is 3.13. The van der Waals surface area contributed by atoms with Crippen molar-refractivity contribution in [3.05, 3.63) is 60.0 Å². The maximum atomic E-state index is 12.2. The molecule has 1 N–H and O–H groups in total. The molecule has 0 bridgehead atoms. The average molecular weight is 265 g/mol. The average Bonchev–Trinajstić information content (AvgIpc) is 2.80. The lowest BCUT2D eigenvalue weighted by molar-refractivity contribution is 0.102. The number of carbonyl (C=O) groups is 1. The summed E-state index contributed by atoms with van der Waals surface area (Å²) in [7, 11) is 1.99. The Kier molecular flexibility index (Phi) is 2.99. The van der Waals surface area contributed by atoms with E-state index in [0.29, 0.717) is 5.56 Å². The molecule has 1 amide bonds. The number of nitrogens with zero attached hydrogens (tertiary/aromatic N) is 2. The van der Waals surface area contributed by atoms with Crippen molar-refractivity contribution in [3.63, 3.8) is 0 Å². The van der Waals surface area contributed by atoms with Crippen molar-refractivity contribution in [2.75, 3.05) is 5.32 Å². The number of nitrogens with one attached hydrogen (secondary N) is 1. The second-order valence-corrected chi connectivity index (χ2v) is 4.84. The Bertz CT molecular complexity index is 789. The molecule has 2 aromatic heterocycles. The molecule has 0 unspecified atom stereocenters. The number of anilines is 1. The van der Waals surface area contributed by atoms with Crippen molar-refractivity contribution < 1.29 is 4.79 Å². The van der Waals surface area contributed by atoms with Crippen LogP contribution < -0.4 is 5.32 Å². The fourth-order valence-corrected chi connectivity index (χ4v) is 2.25. The van der Waals surface area contributed by atoms with Crippen LogP contribution in [0.15, 0.2) is 48.8 Å². The first kappa shape index (κ1) is 12.4. The topological polar surface area (TPSA) is 46.9 Å². The molecule has 100 valence electrons. The van der Waals surface area contributed by atoms with E-state index in [1.165, 1.54) is 0 Å². The summed E-state index contributed by atoms with van der Waals surface area (Å²) in [5.41, 5.74) is 3.40. The number of hydrogen-bond acceptors (Lipinski definition) is 2. The summed E-state index contributed by atoms with van der Waals surface area (Å²) in [5, 5.41) is 3.95. The molecule has 2 heterocycles. The standard InChI is InChI=1S/C16H15N3O/c1-11-9-14(5-7-17-11)18-16(20)13-3-4-15-12(10-13)6-8-19(15)2/h3-10H,1-2H3,(H,17,18,20). The number of rotatable bonds is 2. The van der Waals surface area contributed by atoms with Crippen LogP contribution >= 0.6 is 0 Å². The lowest BCUT2D eigenvalue weighted by Gasteiger charge is -2.06. The zero-order valence-electron chi connectivity index (χ0n) is 11.4. The summed E-state index contributed by atoms with van der Waals surface area (Å²) in [6, 6.07) is 11.3. The number of carbonyl (C=O) groups excluding carboxylic acids is 1. The molecule has 3 aromatic rings. The Morgan fingerprint density at radius 3 is 2.85 bits per heavy atom. The number of hydrogen-bond donors (Lipinski definition) is 1. The Hall–Kier alpha value is -2.62. The molecule has 1 aromatic carbocycles. The Labute approximate surface area is 117 Å². The number of aryl methyl sites for hydroxylation is 2. The van der Waals surface area contributed by atoms with Gasteiger partial charge in [-0.3, -0.25) is 9.78 Å². The van der Waals surface area contributed by atoms with Gasteiger partial charge in [0, 0.05) is 47.3 Å². The fourth-order valence-electron chi connectivity index (χ4n) is 2.25.